The summed E-state index contributed by atoms with van der Waals surface area (Å²) in [5, 5.41) is 10.6. The van der Waals surface area contributed by atoms with Gasteiger partial charge in [-0.15, -0.1) is 11.6 Å². The highest BCUT2D eigenvalue weighted by Gasteiger charge is 2.09. The van der Waals surface area contributed by atoms with Crippen LogP contribution in [-0.2, 0) is 0 Å². The molecule has 0 N–H and O–H groups in total. The van der Waals surface area contributed by atoms with Crippen molar-refractivity contribution in [1.82, 2.24) is 0 Å². The summed E-state index contributed by atoms with van der Waals surface area (Å²) in [6, 6.07) is 6.45. The lowest BCUT2D eigenvalue weighted by atomic mass is 10.2. The maximum Gasteiger partial charge on any atom is 0.278 e. The fraction of sp³-hybridized carbons (Fsp3) is 0.364. The van der Waals surface area contributed by atoms with Gasteiger partial charge in [0.25, 0.3) is 5.69 Å². The zero-order chi connectivity index (χ0) is 12.4. The zero-order valence-corrected chi connectivity index (χ0v) is 10.1. The van der Waals surface area contributed by atoms with E-state index in [1.54, 1.807) is 18.2 Å². The van der Waals surface area contributed by atoms with Crippen LogP contribution in [0, 0.1) is 10.1 Å². The standard InChI is InChI=1S/C9H9ClN2O2.C2H6/c10-5-6-11-7-8-3-1-2-4-9(8)12(13)14;1-2/h1-4,7H,5-6H2;1-2H3. The van der Waals surface area contributed by atoms with E-state index in [2.05, 4.69) is 4.99 Å². The Balaban J connectivity index is 0.00000106. The molecule has 88 valence electrons. The number of aliphatic imine (C=N–C) groups is 1. The first-order chi connectivity index (χ1) is 7.75. The van der Waals surface area contributed by atoms with Crippen molar-refractivity contribution in [2.45, 2.75) is 13.8 Å². The Morgan fingerprint density at radius 2 is 2.06 bits per heavy atom. The highest BCUT2D eigenvalue weighted by atomic mass is 35.5. The lowest BCUT2D eigenvalue weighted by Gasteiger charge is -1.95. The van der Waals surface area contributed by atoms with Gasteiger partial charge in [0, 0.05) is 18.2 Å². The smallest absolute Gasteiger partial charge is 0.278 e. The van der Waals surface area contributed by atoms with Crippen molar-refractivity contribution in [3.05, 3.63) is 39.9 Å². The van der Waals surface area contributed by atoms with Crippen LogP contribution in [-0.4, -0.2) is 23.6 Å². The van der Waals surface area contributed by atoms with Gasteiger partial charge < -0.3 is 0 Å². The number of hydrogen-bond acceptors (Lipinski definition) is 3. The van der Waals surface area contributed by atoms with Crippen LogP contribution in [0.4, 0.5) is 5.69 Å². The van der Waals surface area contributed by atoms with Gasteiger partial charge in [0.2, 0.25) is 0 Å². The van der Waals surface area contributed by atoms with Gasteiger partial charge >= 0.3 is 0 Å². The molecule has 1 aromatic rings. The molecule has 0 radical (unpaired) electrons. The Hall–Kier alpha value is -1.42. The van der Waals surface area contributed by atoms with Crippen molar-refractivity contribution < 1.29 is 4.92 Å². The molecule has 0 atom stereocenters. The van der Waals surface area contributed by atoms with Crippen LogP contribution in [0.1, 0.15) is 19.4 Å². The third kappa shape index (κ3) is 4.89. The highest BCUT2D eigenvalue weighted by molar-refractivity contribution is 6.18. The molecular weight excluding hydrogens is 228 g/mol. The second-order valence-electron chi connectivity index (χ2n) is 2.54. The maximum atomic E-state index is 10.6. The zero-order valence-electron chi connectivity index (χ0n) is 9.39. The van der Waals surface area contributed by atoms with Crippen molar-refractivity contribution in [3.63, 3.8) is 0 Å². The van der Waals surface area contributed by atoms with Crippen LogP contribution >= 0.6 is 11.6 Å². The van der Waals surface area contributed by atoms with Gasteiger partial charge in [-0.3, -0.25) is 15.1 Å². The first kappa shape index (κ1) is 14.6. The molecule has 0 fully saturated rings. The second-order valence-corrected chi connectivity index (χ2v) is 2.92. The lowest BCUT2D eigenvalue weighted by molar-refractivity contribution is -0.385. The van der Waals surface area contributed by atoms with Gasteiger partial charge in [0.1, 0.15) is 0 Å². The van der Waals surface area contributed by atoms with E-state index < -0.39 is 4.92 Å². The number of nitro benzene ring substituents is 1. The summed E-state index contributed by atoms with van der Waals surface area (Å²) in [6.45, 7) is 4.47. The van der Waals surface area contributed by atoms with Crippen molar-refractivity contribution in [2.24, 2.45) is 4.99 Å². The predicted octanol–water partition coefficient (Wildman–Crippen LogP) is 3.28. The summed E-state index contributed by atoms with van der Waals surface area (Å²) in [5.41, 5.74) is 0.563. The SMILES string of the molecule is CC.O=[N+]([O-])c1ccccc1C=NCCCl. The summed E-state index contributed by atoms with van der Waals surface area (Å²) in [6.07, 6.45) is 1.47. The summed E-state index contributed by atoms with van der Waals surface area (Å²) in [4.78, 5) is 14.1. The number of nitro groups is 1. The van der Waals surface area contributed by atoms with Gasteiger partial charge in [-0.05, 0) is 6.07 Å². The lowest BCUT2D eigenvalue weighted by Crippen LogP contribution is -1.94. The van der Waals surface area contributed by atoms with Crippen LogP contribution in [0.15, 0.2) is 29.3 Å². The van der Waals surface area contributed by atoms with Gasteiger partial charge in [0.15, 0.2) is 0 Å². The molecule has 0 unspecified atom stereocenters. The normalized spacial score (nSPS) is 9.69. The Morgan fingerprint density at radius 3 is 2.62 bits per heavy atom. The molecule has 1 aromatic carbocycles. The molecular formula is C11H15ClN2O2. The molecule has 0 spiro atoms. The maximum absolute atomic E-state index is 10.6. The van der Waals surface area contributed by atoms with Gasteiger partial charge in [-0.25, -0.2) is 0 Å². The predicted molar refractivity (Wildman–Crippen MR) is 67.6 cm³/mol. The summed E-state index contributed by atoms with van der Waals surface area (Å²) in [7, 11) is 0. The molecule has 0 aliphatic carbocycles. The Morgan fingerprint density at radius 1 is 1.44 bits per heavy atom. The first-order valence-corrected chi connectivity index (χ1v) is 5.58. The number of hydrogen-bond donors (Lipinski definition) is 0. The van der Waals surface area contributed by atoms with E-state index in [1.807, 2.05) is 13.8 Å². The molecule has 0 amide bonds. The quantitative estimate of drug-likeness (QED) is 0.352. The van der Waals surface area contributed by atoms with Crippen molar-refractivity contribution >= 4 is 23.5 Å². The van der Waals surface area contributed by atoms with Crippen LogP contribution in [0.25, 0.3) is 0 Å². The van der Waals surface area contributed by atoms with Crippen LogP contribution in [0.5, 0.6) is 0 Å². The number of para-hydroxylation sites is 1. The molecule has 0 aliphatic heterocycles. The Labute approximate surface area is 100 Å². The van der Waals surface area contributed by atoms with Crippen molar-refractivity contribution in [2.75, 3.05) is 12.4 Å². The minimum Gasteiger partial charge on any atom is -0.291 e. The average molecular weight is 243 g/mol. The number of rotatable bonds is 4. The van der Waals surface area contributed by atoms with Gasteiger partial charge in [0.05, 0.1) is 17.0 Å². The summed E-state index contributed by atoms with van der Waals surface area (Å²) < 4.78 is 0. The third-order valence-electron chi connectivity index (χ3n) is 1.58. The van der Waals surface area contributed by atoms with Gasteiger partial charge in [-0.2, -0.15) is 0 Å². The number of benzene rings is 1. The fourth-order valence-electron chi connectivity index (χ4n) is 0.975. The van der Waals surface area contributed by atoms with E-state index in [1.165, 1.54) is 12.3 Å². The van der Waals surface area contributed by atoms with E-state index in [0.29, 0.717) is 18.0 Å². The fourth-order valence-corrected chi connectivity index (χ4v) is 1.07. The van der Waals surface area contributed by atoms with Crippen molar-refractivity contribution in [1.29, 1.82) is 0 Å². The number of halogens is 1. The molecule has 16 heavy (non-hydrogen) atoms. The third-order valence-corrected chi connectivity index (χ3v) is 1.75. The van der Waals surface area contributed by atoms with E-state index in [4.69, 9.17) is 11.6 Å². The Kier molecular flexibility index (Phi) is 8.07. The summed E-state index contributed by atoms with van der Waals surface area (Å²) in [5.74, 6) is 0.414. The highest BCUT2D eigenvalue weighted by Crippen LogP contribution is 2.15. The monoisotopic (exact) mass is 242 g/mol. The molecule has 1 rings (SSSR count). The van der Waals surface area contributed by atoms with Crippen LogP contribution < -0.4 is 0 Å². The van der Waals surface area contributed by atoms with E-state index in [0.717, 1.165) is 0 Å². The molecule has 5 heteroatoms. The van der Waals surface area contributed by atoms with Crippen LogP contribution in [0.3, 0.4) is 0 Å². The molecule has 0 aliphatic rings. The van der Waals surface area contributed by atoms with Crippen molar-refractivity contribution in [3.8, 4) is 0 Å². The van der Waals surface area contributed by atoms with Crippen LogP contribution in [0.2, 0.25) is 0 Å². The summed E-state index contributed by atoms with van der Waals surface area (Å²) >= 11 is 5.42. The van der Waals surface area contributed by atoms with E-state index in [-0.39, 0.29) is 5.69 Å². The van der Waals surface area contributed by atoms with E-state index >= 15 is 0 Å². The van der Waals surface area contributed by atoms with Gasteiger partial charge in [-0.1, -0.05) is 26.0 Å². The largest absolute Gasteiger partial charge is 0.291 e. The molecule has 0 aromatic heterocycles. The molecule has 0 saturated heterocycles. The molecule has 4 nitrogen and oxygen atoms in total. The second kappa shape index (κ2) is 8.85. The molecule has 0 bridgehead atoms. The molecule has 0 heterocycles. The Bertz CT molecular complexity index is 354. The number of alkyl halides is 1. The topological polar surface area (TPSA) is 55.5 Å². The minimum atomic E-state index is -0.429. The first-order valence-electron chi connectivity index (χ1n) is 5.05. The molecule has 0 saturated carbocycles. The number of nitrogens with zero attached hydrogens (tertiary/aromatic N) is 2. The average Bonchev–Trinajstić information content (AvgIpc) is 2.32. The van der Waals surface area contributed by atoms with E-state index in [9.17, 15) is 10.1 Å². The minimum absolute atomic E-state index is 0.0609.